The lowest BCUT2D eigenvalue weighted by Gasteiger charge is -2.11. The molecule has 0 bridgehead atoms. The highest BCUT2D eigenvalue weighted by atomic mass is 35.5. The molecule has 1 aromatic carbocycles. The van der Waals surface area contributed by atoms with Crippen molar-refractivity contribution in [2.45, 2.75) is 0 Å². The summed E-state index contributed by atoms with van der Waals surface area (Å²) >= 11 is 7.18. The van der Waals surface area contributed by atoms with Gasteiger partial charge in [0.15, 0.2) is 6.61 Å². The van der Waals surface area contributed by atoms with Gasteiger partial charge in [0.2, 0.25) is 0 Å². The first-order valence-corrected chi connectivity index (χ1v) is 8.85. The Balaban J connectivity index is 1.63. The zero-order chi connectivity index (χ0) is 18.5. The summed E-state index contributed by atoms with van der Waals surface area (Å²) in [6.07, 6.45) is 3.66. The lowest BCUT2D eigenvalue weighted by Crippen LogP contribution is -2.21. The molecule has 0 aliphatic heterocycles. The highest BCUT2D eigenvalue weighted by Gasteiger charge is 2.17. The number of carbonyl (C=O) groups is 2. The number of nitrogens with one attached hydrogen (secondary N) is 1. The van der Waals surface area contributed by atoms with E-state index in [0.29, 0.717) is 27.0 Å². The van der Waals surface area contributed by atoms with Crippen LogP contribution in [0.4, 0.5) is 5.69 Å². The van der Waals surface area contributed by atoms with Crippen molar-refractivity contribution in [3.05, 3.63) is 64.1 Å². The van der Waals surface area contributed by atoms with Crippen LogP contribution in [0.3, 0.4) is 0 Å². The van der Waals surface area contributed by atoms with Crippen LogP contribution in [0.1, 0.15) is 9.67 Å². The van der Waals surface area contributed by atoms with E-state index in [-0.39, 0.29) is 0 Å². The molecule has 26 heavy (non-hydrogen) atoms. The number of anilines is 1. The summed E-state index contributed by atoms with van der Waals surface area (Å²) in [6, 6.07) is 10.4. The largest absolute Gasteiger partial charge is 0.495 e. The van der Waals surface area contributed by atoms with Crippen molar-refractivity contribution in [1.29, 1.82) is 0 Å². The molecule has 134 valence electrons. The molecule has 0 fully saturated rings. The fourth-order valence-corrected chi connectivity index (χ4v) is 3.27. The monoisotopic (exact) mass is 390 g/mol. The SMILES string of the molecule is COc1ccc(Cl)cc1NC(=O)COC(=O)c1sccc1-n1cccc1. The molecule has 2 aromatic heterocycles. The van der Waals surface area contributed by atoms with Crippen LogP contribution < -0.4 is 10.1 Å². The maximum absolute atomic E-state index is 12.3. The summed E-state index contributed by atoms with van der Waals surface area (Å²) < 4.78 is 12.1. The fraction of sp³-hybridized carbons (Fsp3) is 0.111. The van der Waals surface area contributed by atoms with Gasteiger partial charge in [-0.3, -0.25) is 4.79 Å². The summed E-state index contributed by atoms with van der Waals surface area (Å²) in [5.41, 5.74) is 1.12. The maximum Gasteiger partial charge on any atom is 0.350 e. The number of carbonyl (C=O) groups excluding carboxylic acids is 2. The predicted molar refractivity (Wildman–Crippen MR) is 101 cm³/mol. The Morgan fingerprint density at radius 2 is 2.00 bits per heavy atom. The summed E-state index contributed by atoms with van der Waals surface area (Å²) in [4.78, 5) is 24.8. The van der Waals surface area contributed by atoms with Crippen LogP contribution >= 0.6 is 22.9 Å². The number of esters is 1. The van der Waals surface area contributed by atoms with Crippen molar-refractivity contribution in [2.24, 2.45) is 0 Å². The third-order valence-corrected chi connectivity index (χ3v) is 4.60. The molecule has 0 unspecified atom stereocenters. The van der Waals surface area contributed by atoms with Gasteiger partial charge >= 0.3 is 5.97 Å². The Labute approximate surface area is 158 Å². The first-order chi connectivity index (χ1) is 12.6. The molecular weight excluding hydrogens is 376 g/mol. The summed E-state index contributed by atoms with van der Waals surface area (Å²) in [6.45, 7) is -0.419. The maximum atomic E-state index is 12.3. The van der Waals surface area contributed by atoms with Crippen LogP contribution in [0.5, 0.6) is 5.75 Å². The molecule has 0 radical (unpaired) electrons. The van der Waals surface area contributed by atoms with E-state index in [2.05, 4.69) is 5.32 Å². The van der Waals surface area contributed by atoms with E-state index in [1.165, 1.54) is 18.4 Å². The Kier molecular flexibility index (Phi) is 5.60. The number of rotatable bonds is 6. The number of hydrogen-bond acceptors (Lipinski definition) is 5. The van der Waals surface area contributed by atoms with E-state index in [0.717, 1.165) is 0 Å². The molecule has 0 atom stereocenters. The molecule has 0 aliphatic rings. The minimum Gasteiger partial charge on any atom is -0.495 e. The molecule has 0 aliphatic carbocycles. The number of ether oxygens (including phenoxy) is 2. The van der Waals surface area contributed by atoms with E-state index in [1.54, 1.807) is 23.6 Å². The van der Waals surface area contributed by atoms with Crippen molar-refractivity contribution in [3.8, 4) is 11.4 Å². The average Bonchev–Trinajstić information content (AvgIpc) is 3.30. The van der Waals surface area contributed by atoms with Gasteiger partial charge in [0.1, 0.15) is 10.6 Å². The van der Waals surface area contributed by atoms with Gasteiger partial charge in [0.05, 0.1) is 18.5 Å². The normalized spacial score (nSPS) is 10.4. The third-order valence-electron chi connectivity index (χ3n) is 3.48. The summed E-state index contributed by atoms with van der Waals surface area (Å²) in [5.74, 6) is -0.586. The Morgan fingerprint density at radius 1 is 1.23 bits per heavy atom. The molecule has 8 heteroatoms. The molecule has 1 amide bonds. The second-order valence-corrected chi connectivity index (χ2v) is 6.55. The molecule has 0 saturated heterocycles. The second kappa shape index (κ2) is 8.07. The van der Waals surface area contributed by atoms with Crippen molar-refractivity contribution in [1.82, 2.24) is 4.57 Å². The van der Waals surface area contributed by atoms with E-state index < -0.39 is 18.5 Å². The Morgan fingerprint density at radius 3 is 2.73 bits per heavy atom. The molecular formula is C18H15ClN2O4S. The van der Waals surface area contributed by atoms with Gasteiger partial charge in [-0.15, -0.1) is 11.3 Å². The van der Waals surface area contributed by atoms with E-state index >= 15 is 0 Å². The predicted octanol–water partition coefficient (Wildman–Crippen LogP) is 4.00. The van der Waals surface area contributed by atoms with Gasteiger partial charge in [-0.25, -0.2) is 4.79 Å². The quantitative estimate of drug-likeness (QED) is 0.646. The standard InChI is InChI=1S/C18H15ClN2O4S/c1-24-15-5-4-12(19)10-13(15)20-16(22)11-25-18(23)17-14(6-9-26-17)21-7-2-3-8-21/h2-10H,11H2,1H3,(H,20,22). The molecule has 3 aromatic rings. The molecule has 0 saturated carbocycles. The number of aromatic nitrogens is 1. The van der Waals surface area contributed by atoms with Gasteiger partial charge < -0.3 is 19.4 Å². The minimum atomic E-state index is -0.558. The van der Waals surface area contributed by atoms with Crippen molar-refractivity contribution in [2.75, 3.05) is 19.0 Å². The zero-order valence-corrected chi connectivity index (χ0v) is 15.3. The van der Waals surface area contributed by atoms with E-state index in [1.807, 2.05) is 35.2 Å². The highest BCUT2D eigenvalue weighted by Crippen LogP contribution is 2.27. The van der Waals surface area contributed by atoms with Crippen LogP contribution in [0.15, 0.2) is 54.2 Å². The number of halogens is 1. The molecule has 6 nitrogen and oxygen atoms in total. The van der Waals surface area contributed by atoms with E-state index in [4.69, 9.17) is 21.1 Å². The van der Waals surface area contributed by atoms with E-state index in [9.17, 15) is 9.59 Å². The number of thiophene rings is 1. The Hall–Kier alpha value is -2.77. The van der Waals surface area contributed by atoms with Crippen LogP contribution in [0.25, 0.3) is 5.69 Å². The number of nitrogens with zero attached hydrogens (tertiary/aromatic N) is 1. The number of hydrogen-bond donors (Lipinski definition) is 1. The van der Waals surface area contributed by atoms with Crippen LogP contribution in [0.2, 0.25) is 5.02 Å². The minimum absolute atomic E-state index is 0.408. The van der Waals surface area contributed by atoms with Gasteiger partial charge in [-0.05, 0) is 41.8 Å². The number of benzene rings is 1. The Bertz CT molecular complexity index is 921. The fourth-order valence-electron chi connectivity index (χ4n) is 2.31. The van der Waals surface area contributed by atoms with Gasteiger partial charge in [0.25, 0.3) is 5.91 Å². The first-order valence-electron chi connectivity index (χ1n) is 7.60. The van der Waals surface area contributed by atoms with Crippen molar-refractivity contribution in [3.63, 3.8) is 0 Å². The molecule has 1 N–H and O–H groups in total. The third kappa shape index (κ3) is 4.07. The highest BCUT2D eigenvalue weighted by molar-refractivity contribution is 7.12. The van der Waals surface area contributed by atoms with Crippen LogP contribution in [0, 0.1) is 0 Å². The smallest absolute Gasteiger partial charge is 0.350 e. The summed E-state index contributed by atoms with van der Waals surface area (Å²) in [7, 11) is 1.48. The topological polar surface area (TPSA) is 69.6 Å². The number of methoxy groups -OCH3 is 1. The van der Waals surface area contributed by atoms with Crippen LogP contribution in [-0.4, -0.2) is 30.2 Å². The molecule has 0 spiro atoms. The van der Waals surface area contributed by atoms with Crippen molar-refractivity contribution < 1.29 is 19.1 Å². The van der Waals surface area contributed by atoms with Gasteiger partial charge in [-0.1, -0.05) is 11.6 Å². The van der Waals surface area contributed by atoms with Gasteiger partial charge in [0, 0.05) is 17.4 Å². The van der Waals surface area contributed by atoms with Gasteiger partial charge in [-0.2, -0.15) is 0 Å². The second-order valence-electron chi connectivity index (χ2n) is 5.19. The first kappa shape index (κ1) is 18.0. The number of amides is 1. The summed E-state index contributed by atoms with van der Waals surface area (Å²) in [5, 5.41) is 4.86. The lowest BCUT2D eigenvalue weighted by atomic mass is 10.3. The zero-order valence-electron chi connectivity index (χ0n) is 13.8. The lowest BCUT2D eigenvalue weighted by molar-refractivity contribution is -0.119. The van der Waals surface area contributed by atoms with Crippen LogP contribution in [-0.2, 0) is 9.53 Å². The average molecular weight is 391 g/mol. The molecule has 3 rings (SSSR count). The van der Waals surface area contributed by atoms with Crippen molar-refractivity contribution >= 4 is 40.5 Å². The molecule has 2 heterocycles.